The number of nitrogens with zero attached hydrogens (tertiary/aromatic N) is 2. The summed E-state index contributed by atoms with van der Waals surface area (Å²) in [4.78, 5) is 30.8. The van der Waals surface area contributed by atoms with Crippen molar-refractivity contribution in [3.05, 3.63) is 29.8 Å². The molecule has 0 bridgehead atoms. The lowest BCUT2D eigenvalue weighted by molar-refractivity contribution is -0.133. The van der Waals surface area contributed by atoms with Crippen LogP contribution in [0, 0.1) is 11.8 Å². The molecule has 1 saturated heterocycles. The molecule has 0 saturated carbocycles. The fraction of sp³-hybridized carbons (Fsp3) is 0.609. The third-order valence-corrected chi connectivity index (χ3v) is 4.90. The molecule has 1 unspecified atom stereocenters. The Morgan fingerprint density at radius 3 is 2.67 bits per heavy atom. The highest BCUT2D eigenvalue weighted by molar-refractivity contribution is 5.90. The number of anilines is 1. The summed E-state index contributed by atoms with van der Waals surface area (Å²) >= 11 is 0. The highest BCUT2D eigenvalue weighted by atomic mass is 16.2. The molecule has 0 radical (unpaired) electrons. The van der Waals surface area contributed by atoms with Crippen LogP contribution in [-0.4, -0.2) is 48.3 Å². The van der Waals surface area contributed by atoms with Gasteiger partial charge in [0.1, 0.15) is 0 Å². The summed E-state index contributed by atoms with van der Waals surface area (Å²) in [5.41, 5.74) is 1.82. The van der Waals surface area contributed by atoms with Crippen molar-refractivity contribution in [3.63, 3.8) is 0 Å². The Labute approximate surface area is 180 Å². The van der Waals surface area contributed by atoms with Crippen molar-refractivity contribution in [2.45, 2.75) is 60.0 Å². The SMILES string of the molecule is CCNC(=NCc1cccc(NC(=O)CC(C)C)c1)NC1CCN(C(=O)C(C)C)C1. The Morgan fingerprint density at radius 1 is 1.23 bits per heavy atom. The number of rotatable bonds is 8. The van der Waals surface area contributed by atoms with Crippen molar-refractivity contribution < 1.29 is 9.59 Å². The second kappa shape index (κ2) is 11.6. The summed E-state index contributed by atoms with van der Waals surface area (Å²) in [5.74, 6) is 1.34. The molecule has 0 aliphatic carbocycles. The maximum atomic E-state index is 12.2. The van der Waals surface area contributed by atoms with Crippen LogP contribution in [0.2, 0.25) is 0 Å². The topological polar surface area (TPSA) is 85.8 Å². The van der Waals surface area contributed by atoms with E-state index in [9.17, 15) is 9.59 Å². The number of benzene rings is 1. The van der Waals surface area contributed by atoms with E-state index in [2.05, 4.69) is 16.0 Å². The van der Waals surface area contributed by atoms with Gasteiger partial charge in [-0.1, -0.05) is 39.8 Å². The molecule has 30 heavy (non-hydrogen) atoms. The summed E-state index contributed by atoms with van der Waals surface area (Å²) < 4.78 is 0. The van der Waals surface area contributed by atoms with Gasteiger partial charge in [-0.05, 0) is 37.0 Å². The molecular weight excluding hydrogens is 378 g/mol. The third-order valence-electron chi connectivity index (χ3n) is 4.90. The van der Waals surface area contributed by atoms with Gasteiger partial charge >= 0.3 is 0 Å². The van der Waals surface area contributed by atoms with Crippen LogP contribution >= 0.6 is 0 Å². The van der Waals surface area contributed by atoms with E-state index in [4.69, 9.17) is 4.99 Å². The summed E-state index contributed by atoms with van der Waals surface area (Å²) in [6, 6.07) is 8.00. The Morgan fingerprint density at radius 2 is 2.00 bits per heavy atom. The number of carbonyl (C=O) groups is 2. The van der Waals surface area contributed by atoms with Crippen molar-refractivity contribution in [1.82, 2.24) is 15.5 Å². The van der Waals surface area contributed by atoms with E-state index in [-0.39, 0.29) is 23.8 Å². The van der Waals surface area contributed by atoms with Crippen molar-refractivity contribution in [2.75, 3.05) is 25.0 Å². The van der Waals surface area contributed by atoms with Crippen LogP contribution in [0.25, 0.3) is 0 Å². The van der Waals surface area contributed by atoms with Crippen molar-refractivity contribution >= 4 is 23.5 Å². The molecule has 1 aromatic rings. The van der Waals surface area contributed by atoms with Crippen molar-refractivity contribution in [1.29, 1.82) is 0 Å². The fourth-order valence-electron chi connectivity index (χ4n) is 3.46. The number of carbonyl (C=O) groups excluding carboxylic acids is 2. The van der Waals surface area contributed by atoms with Gasteiger partial charge in [0, 0.05) is 43.7 Å². The van der Waals surface area contributed by atoms with E-state index in [0.29, 0.717) is 25.4 Å². The zero-order valence-corrected chi connectivity index (χ0v) is 19.0. The summed E-state index contributed by atoms with van der Waals surface area (Å²) in [6.45, 7) is 12.7. The highest BCUT2D eigenvalue weighted by Crippen LogP contribution is 2.14. The molecule has 166 valence electrons. The number of hydrogen-bond acceptors (Lipinski definition) is 3. The molecule has 0 spiro atoms. The maximum Gasteiger partial charge on any atom is 0.225 e. The first-order valence-electron chi connectivity index (χ1n) is 11.0. The molecule has 1 fully saturated rings. The minimum Gasteiger partial charge on any atom is -0.357 e. The van der Waals surface area contributed by atoms with Gasteiger partial charge in [-0.15, -0.1) is 0 Å². The molecule has 1 atom stereocenters. The van der Waals surface area contributed by atoms with Gasteiger partial charge in [0.05, 0.1) is 6.54 Å². The Bertz CT molecular complexity index is 745. The van der Waals surface area contributed by atoms with E-state index < -0.39 is 0 Å². The Balaban J connectivity index is 1.95. The number of likely N-dealkylation sites (tertiary alicyclic amines) is 1. The van der Waals surface area contributed by atoms with Gasteiger partial charge in [0.15, 0.2) is 5.96 Å². The smallest absolute Gasteiger partial charge is 0.225 e. The third kappa shape index (κ3) is 7.69. The first-order chi connectivity index (χ1) is 14.3. The number of aliphatic imine (C=N–C) groups is 1. The summed E-state index contributed by atoms with van der Waals surface area (Å²) in [6.07, 6.45) is 1.43. The molecule has 7 nitrogen and oxygen atoms in total. The van der Waals surface area contributed by atoms with Gasteiger partial charge < -0.3 is 20.9 Å². The standard InChI is InChI=1S/C23H37N5O2/c1-6-24-23(27-20-10-11-28(15-20)22(30)17(4)5)25-14-18-8-7-9-19(13-18)26-21(29)12-16(2)3/h7-9,13,16-17,20H,6,10-12,14-15H2,1-5H3,(H,26,29)(H2,24,25,27). The summed E-state index contributed by atoms with van der Waals surface area (Å²) in [5, 5.41) is 9.69. The maximum absolute atomic E-state index is 12.2. The monoisotopic (exact) mass is 415 g/mol. The minimum absolute atomic E-state index is 0.0268. The van der Waals surface area contributed by atoms with Crippen LogP contribution in [0.4, 0.5) is 5.69 Å². The second-order valence-electron chi connectivity index (χ2n) is 8.61. The number of hydrogen-bond donors (Lipinski definition) is 3. The van der Waals surface area contributed by atoms with Crippen molar-refractivity contribution in [3.8, 4) is 0 Å². The van der Waals surface area contributed by atoms with Crippen LogP contribution in [0.5, 0.6) is 0 Å². The first kappa shape index (κ1) is 23.7. The first-order valence-corrected chi connectivity index (χ1v) is 11.0. The van der Waals surface area contributed by atoms with Crippen LogP contribution in [0.1, 0.15) is 53.0 Å². The molecule has 1 aliphatic rings. The lowest BCUT2D eigenvalue weighted by Gasteiger charge is -2.20. The Kier molecular flexibility index (Phi) is 9.15. The minimum atomic E-state index is 0.0268. The molecule has 2 rings (SSSR count). The average molecular weight is 416 g/mol. The summed E-state index contributed by atoms with van der Waals surface area (Å²) in [7, 11) is 0. The number of guanidine groups is 1. The van der Waals surface area contributed by atoms with E-state index in [0.717, 1.165) is 36.7 Å². The molecule has 3 N–H and O–H groups in total. The molecule has 2 amide bonds. The molecule has 1 aromatic carbocycles. The molecule has 1 heterocycles. The van der Waals surface area contributed by atoms with E-state index >= 15 is 0 Å². The van der Waals surface area contributed by atoms with E-state index in [1.165, 1.54) is 0 Å². The van der Waals surface area contributed by atoms with Gasteiger partial charge in [0.25, 0.3) is 0 Å². The molecule has 7 heteroatoms. The molecular formula is C23H37N5O2. The fourth-order valence-corrected chi connectivity index (χ4v) is 3.46. The largest absolute Gasteiger partial charge is 0.357 e. The van der Waals surface area contributed by atoms with Crippen LogP contribution < -0.4 is 16.0 Å². The van der Waals surface area contributed by atoms with Gasteiger partial charge in [-0.3, -0.25) is 9.59 Å². The quantitative estimate of drug-likeness (QED) is 0.450. The molecule has 0 aromatic heterocycles. The van der Waals surface area contributed by atoms with Crippen molar-refractivity contribution in [2.24, 2.45) is 16.8 Å². The second-order valence-corrected chi connectivity index (χ2v) is 8.61. The predicted molar refractivity (Wildman–Crippen MR) is 122 cm³/mol. The highest BCUT2D eigenvalue weighted by Gasteiger charge is 2.27. The zero-order chi connectivity index (χ0) is 22.1. The molecule has 1 aliphatic heterocycles. The lowest BCUT2D eigenvalue weighted by Crippen LogP contribution is -2.45. The van der Waals surface area contributed by atoms with Crippen LogP contribution in [0.15, 0.2) is 29.3 Å². The number of nitrogens with one attached hydrogen (secondary N) is 3. The van der Waals surface area contributed by atoms with E-state index in [1.807, 2.05) is 63.8 Å². The Hall–Kier alpha value is -2.57. The normalized spacial score (nSPS) is 16.8. The number of amides is 2. The van der Waals surface area contributed by atoms with Gasteiger partial charge in [-0.2, -0.15) is 0 Å². The van der Waals surface area contributed by atoms with Gasteiger partial charge in [-0.25, -0.2) is 4.99 Å². The van der Waals surface area contributed by atoms with Gasteiger partial charge in [0.2, 0.25) is 11.8 Å². The van der Waals surface area contributed by atoms with Crippen LogP contribution in [0.3, 0.4) is 0 Å². The average Bonchev–Trinajstić information content (AvgIpc) is 3.13. The lowest BCUT2D eigenvalue weighted by atomic mass is 10.1. The zero-order valence-electron chi connectivity index (χ0n) is 19.0. The predicted octanol–water partition coefficient (Wildman–Crippen LogP) is 2.98. The van der Waals surface area contributed by atoms with E-state index in [1.54, 1.807) is 0 Å². The van der Waals surface area contributed by atoms with Crippen LogP contribution in [-0.2, 0) is 16.1 Å².